The third-order valence-electron chi connectivity index (χ3n) is 5.69. The molecule has 2 N–H and O–H groups in total. The van der Waals surface area contributed by atoms with Gasteiger partial charge in [-0.05, 0) is 76.3 Å². The molecule has 0 radical (unpaired) electrons. The number of rotatable bonds is 7. The van der Waals surface area contributed by atoms with Crippen molar-refractivity contribution in [3.05, 3.63) is 0 Å². The van der Waals surface area contributed by atoms with Gasteiger partial charge in [0.25, 0.3) is 10.2 Å². The van der Waals surface area contributed by atoms with E-state index in [4.69, 9.17) is 0 Å². The molecule has 5 nitrogen and oxygen atoms in total. The zero-order valence-electron chi connectivity index (χ0n) is 13.3. The normalized spacial score (nSPS) is 38.3. The molecule has 6 heteroatoms. The van der Waals surface area contributed by atoms with Crippen LogP contribution < -0.4 is 10.0 Å². The van der Waals surface area contributed by atoms with E-state index in [0.717, 1.165) is 50.0 Å². The highest BCUT2D eigenvalue weighted by Gasteiger charge is 2.52. The molecule has 0 aromatic carbocycles. The summed E-state index contributed by atoms with van der Waals surface area (Å²) in [5.41, 5.74) is -0.134. The van der Waals surface area contributed by atoms with Gasteiger partial charge in [-0.3, -0.25) is 0 Å². The Balaban J connectivity index is 1.65. The molecule has 4 bridgehead atoms. The minimum absolute atomic E-state index is 0.134. The predicted octanol–water partition coefficient (Wildman–Crippen LogP) is 1.33. The lowest BCUT2D eigenvalue weighted by molar-refractivity contribution is -0.00874. The lowest BCUT2D eigenvalue weighted by atomic mass is 9.53. The molecule has 4 aliphatic rings. The molecule has 4 rings (SSSR count). The number of nitrogens with one attached hydrogen (secondary N) is 2. The van der Waals surface area contributed by atoms with Crippen LogP contribution in [-0.4, -0.2) is 45.4 Å². The summed E-state index contributed by atoms with van der Waals surface area (Å²) in [6.45, 7) is 1.42. The first kappa shape index (κ1) is 15.7. The van der Waals surface area contributed by atoms with Gasteiger partial charge in [-0.1, -0.05) is 0 Å². The molecule has 0 unspecified atom stereocenters. The van der Waals surface area contributed by atoms with Crippen LogP contribution >= 0.6 is 0 Å². The fourth-order valence-electron chi connectivity index (χ4n) is 5.19. The summed E-state index contributed by atoms with van der Waals surface area (Å²) in [6.07, 6.45) is 8.01. The van der Waals surface area contributed by atoms with Gasteiger partial charge >= 0.3 is 0 Å². The Morgan fingerprint density at radius 3 is 2.10 bits per heavy atom. The maximum absolute atomic E-state index is 12.6. The monoisotopic (exact) mass is 315 g/mol. The molecular weight excluding hydrogens is 286 g/mol. The molecule has 0 aliphatic heterocycles. The van der Waals surface area contributed by atoms with Gasteiger partial charge < -0.3 is 5.32 Å². The van der Waals surface area contributed by atoms with Crippen LogP contribution in [0.15, 0.2) is 0 Å². The Morgan fingerprint density at radius 1 is 1.10 bits per heavy atom. The fourth-order valence-corrected chi connectivity index (χ4v) is 6.51. The van der Waals surface area contributed by atoms with E-state index in [-0.39, 0.29) is 5.54 Å². The molecule has 0 saturated heterocycles. The second-order valence-electron chi connectivity index (χ2n) is 7.58. The summed E-state index contributed by atoms with van der Waals surface area (Å²) in [5.74, 6) is 2.27. The van der Waals surface area contributed by atoms with Crippen molar-refractivity contribution in [3.8, 4) is 0 Å². The molecule has 0 atom stereocenters. The van der Waals surface area contributed by atoms with Gasteiger partial charge in [-0.15, -0.1) is 0 Å². The Bertz CT molecular complexity index is 442. The Hall–Kier alpha value is -0.170. The summed E-state index contributed by atoms with van der Waals surface area (Å²) < 4.78 is 29.8. The van der Waals surface area contributed by atoms with E-state index in [1.807, 2.05) is 7.05 Å². The van der Waals surface area contributed by atoms with E-state index in [0.29, 0.717) is 6.54 Å². The molecule has 122 valence electrons. The van der Waals surface area contributed by atoms with Crippen LogP contribution in [0.3, 0.4) is 0 Å². The van der Waals surface area contributed by atoms with E-state index in [1.54, 1.807) is 7.05 Å². The Labute approximate surface area is 129 Å². The SMILES string of the molecule is CNCCCN(C)S(=O)(=O)NC12CC3CC(CC(C3)C1)C2. The highest BCUT2D eigenvalue weighted by Crippen LogP contribution is 2.55. The second-order valence-corrected chi connectivity index (χ2v) is 9.36. The average molecular weight is 315 g/mol. The van der Waals surface area contributed by atoms with E-state index >= 15 is 0 Å². The van der Waals surface area contributed by atoms with Crippen molar-refractivity contribution in [1.82, 2.24) is 14.3 Å². The number of nitrogens with zero attached hydrogens (tertiary/aromatic N) is 1. The van der Waals surface area contributed by atoms with Gasteiger partial charge in [0.05, 0.1) is 0 Å². The van der Waals surface area contributed by atoms with Crippen LogP contribution in [0.5, 0.6) is 0 Å². The molecular formula is C15H29N3O2S. The van der Waals surface area contributed by atoms with Crippen molar-refractivity contribution in [1.29, 1.82) is 0 Å². The molecule has 0 amide bonds. The van der Waals surface area contributed by atoms with Crippen molar-refractivity contribution in [2.75, 3.05) is 27.2 Å². The molecule has 4 aliphatic carbocycles. The fraction of sp³-hybridized carbons (Fsp3) is 1.00. The van der Waals surface area contributed by atoms with E-state index in [2.05, 4.69) is 10.0 Å². The van der Waals surface area contributed by atoms with Crippen molar-refractivity contribution in [3.63, 3.8) is 0 Å². The van der Waals surface area contributed by atoms with Crippen molar-refractivity contribution in [2.45, 2.75) is 50.5 Å². The predicted molar refractivity (Wildman–Crippen MR) is 84.1 cm³/mol. The van der Waals surface area contributed by atoms with Gasteiger partial charge in [0, 0.05) is 19.1 Å². The lowest BCUT2D eigenvalue weighted by Gasteiger charge is -2.56. The standard InChI is InChI=1S/C15H29N3O2S/c1-16-4-3-5-18(2)21(19,20)17-15-9-12-6-13(10-15)8-14(7-12)11-15/h12-14,16-17H,3-11H2,1-2H3. The molecule has 21 heavy (non-hydrogen) atoms. The van der Waals surface area contributed by atoms with Gasteiger partial charge in [-0.2, -0.15) is 17.4 Å². The Kier molecular flexibility index (Phi) is 4.34. The van der Waals surface area contributed by atoms with Crippen LogP contribution in [0.2, 0.25) is 0 Å². The summed E-state index contributed by atoms with van der Waals surface area (Å²) >= 11 is 0. The molecule has 4 saturated carbocycles. The minimum Gasteiger partial charge on any atom is -0.320 e. The smallest absolute Gasteiger partial charge is 0.279 e. The average Bonchev–Trinajstić information content (AvgIpc) is 2.35. The summed E-state index contributed by atoms with van der Waals surface area (Å²) in [6, 6.07) is 0. The van der Waals surface area contributed by atoms with E-state index in [9.17, 15) is 8.42 Å². The summed E-state index contributed by atoms with van der Waals surface area (Å²) in [5, 5.41) is 3.06. The minimum atomic E-state index is -3.35. The van der Waals surface area contributed by atoms with Crippen LogP contribution in [0.25, 0.3) is 0 Å². The summed E-state index contributed by atoms with van der Waals surface area (Å²) in [7, 11) is 0.236. The lowest BCUT2D eigenvalue weighted by Crippen LogP contribution is -2.61. The third-order valence-corrected chi connectivity index (χ3v) is 7.39. The largest absolute Gasteiger partial charge is 0.320 e. The summed E-state index contributed by atoms with van der Waals surface area (Å²) in [4.78, 5) is 0. The van der Waals surface area contributed by atoms with Crippen LogP contribution in [-0.2, 0) is 10.2 Å². The molecule has 0 aromatic rings. The number of hydrogen-bond donors (Lipinski definition) is 2. The highest BCUT2D eigenvalue weighted by molar-refractivity contribution is 7.87. The second kappa shape index (κ2) is 5.80. The third kappa shape index (κ3) is 3.28. The maximum atomic E-state index is 12.6. The van der Waals surface area contributed by atoms with Gasteiger partial charge in [-0.25, -0.2) is 0 Å². The van der Waals surface area contributed by atoms with Crippen molar-refractivity contribution < 1.29 is 8.42 Å². The van der Waals surface area contributed by atoms with Gasteiger partial charge in [0.15, 0.2) is 0 Å². The topological polar surface area (TPSA) is 61.4 Å². The van der Waals surface area contributed by atoms with Crippen LogP contribution in [0.1, 0.15) is 44.9 Å². The zero-order valence-corrected chi connectivity index (χ0v) is 14.1. The van der Waals surface area contributed by atoms with Crippen molar-refractivity contribution in [2.24, 2.45) is 17.8 Å². The highest BCUT2D eigenvalue weighted by atomic mass is 32.2. The molecule has 0 spiro atoms. The van der Waals surface area contributed by atoms with E-state index < -0.39 is 10.2 Å². The first-order valence-electron chi connectivity index (χ1n) is 8.32. The first-order chi connectivity index (χ1) is 9.92. The van der Waals surface area contributed by atoms with Gasteiger partial charge in [0.1, 0.15) is 0 Å². The van der Waals surface area contributed by atoms with Crippen LogP contribution in [0, 0.1) is 17.8 Å². The maximum Gasteiger partial charge on any atom is 0.279 e. The van der Waals surface area contributed by atoms with Crippen LogP contribution in [0.4, 0.5) is 0 Å². The number of hydrogen-bond acceptors (Lipinski definition) is 3. The first-order valence-corrected chi connectivity index (χ1v) is 9.76. The quantitative estimate of drug-likeness (QED) is 0.697. The van der Waals surface area contributed by atoms with Crippen molar-refractivity contribution >= 4 is 10.2 Å². The molecule has 4 fully saturated rings. The van der Waals surface area contributed by atoms with E-state index in [1.165, 1.54) is 23.6 Å². The molecule has 0 heterocycles. The molecule has 0 aromatic heterocycles. The van der Waals surface area contributed by atoms with Gasteiger partial charge in [0.2, 0.25) is 0 Å². The zero-order chi connectivity index (χ0) is 15.1. The Morgan fingerprint density at radius 2 is 1.62 bits per heavy atom.